The Bertz CT molecular complexity index is 365. The third-order valence-electron chi connectivity index (χ3n) is 1.63. The molecule has 0 aromatic carbocycles. The number of aromatic hydroxyl groups is 1. The molecule has 84 valence electrons. The van der Waals surface area contributed by atoms with Gasteiger partial charge in [-0.1, -0.05) is 15.9 Å². The first-order chi connectivity index (χ1) is 6.83. The van der Waals surface area contributed by atoms with Crippen LogP contribution in [0.2, 0.25) is 0 Å². The second kappa shape index (κ2) is 4.26. The highest BCUT2D eigenvalue weighted by Crippen LogP contribution is 2.21. The minimum Gasteiger partial charge on any atom is -0.506 e. The van der Waals surface area contributed by atoms with Crippen LogP contribution in [0.15, 0.2) is 12.4 Å². The number of carbonyl (C=O) groups excluding carboxylic acids is 1. The Morgan fingerprint density at radius 3 is 2.53 bits per heavy atom. The van der Waals surface area contributed by atoms with Crippen LogP contribution < -0.4 is 0 Å². The highest BCUT2D eigenvalue weighted by molar-refractivity contribution is 9.08. The first-order valence-corrected chi connectivity index (χ1v) is 5.65. The van der Waals surface area contributed by atoms with Crippen LogP contribution in [0.25, 0.3) is 0 Å². The molecule has 0 saturated heterocycles. The van der Waals surface area contributed by atoms with Gasteiger partial charge in [0, 0.05) is 17.1 Å². The largest absolute Gasteiger partial charge is 0.506 e. The molecule has 0 amide bonds. The summed E-state index contributed by atoms with van der Waals surface area (Å²) in [5.41, 5.74) is 0.117. The van der Waals surface area contributed by atoms with Crippen molar-refractivity contribution in [1.29, 1.82) is 0 Å². The van der Waals surface area contributed by atoms with Crippen LogP contribution >= 0.6 is 15.9 Å². The lowest BCUT2D eigenvalue weighted by Crippen LogP contribution is -2.26. The number of alkyl halides is 1. The van der Waals surface area contributed by atoms with E-state index in [0.29, 0.717) is 10.9 Å². The van der Waals surface area contributed by atoms with Crippen molar-refractivity contribution in [3.05, 3.63) is 18.0 Å². The van der Waals surface area contributed by atoms with Gasteiger partial charge in [-0.05, 0) is 20.8 Å². The topological polar surface area (TPSA) is 51.5 Å². The molecule has 0 aliphatic heterocycles. The smallest absolute Gasteiger partial charge is 0.418 e. The third kappa shape index (κ3) is 3.27. The lowest BCUT2D eigenvalue weighted by molar-refractivity contribution is 0.0536. The third-order valence-corrected chi connectivity index (χ3v) is 2.24. The minimum atomic E-state index is -0.536. The highest BCUT2D eigenvalue weighted by Gasteiger charge is 2.18. The Morgan fingerprint density at radius 2 is 2.13 bits per heavy atom. The molecule has 0 fully saturated rings. The highest BCUT2D eigenvalue weighted by atomic mass is 79.9. The fourth-order valence-corrected chi connectivity index (χ4v) is 1.44. The molecule has 0 aliphatic rings. The van der Waals surface area contributed by atoms with Crippen LogP contribution in [0.4, 0.5) is 4.79 Å². The fourth-order valence-electron chi connectivity index (χ4n) is 1.01. The molecule has 0 spiro atoms. The number of nitrogens with zero attached hydrogens (tertiary/aromatic N) is 1. The molecule has 4 nitrogen and oxygen atoms in total. The van der Waals surface area contributed by atoms with Gasteiger partial charge >= 0.3 is 6.09 Å². The fraction of sp³-hybridized carbons (Fsp3) is 0.500. The molecule has 5 heteroatoms. The monoisotopic (exact) mass is 275 g/mol. The summed E-state index contributed by atoms with van der Waals surface area (Å²) in [5, 5.41) is 9.91. The average molecular weight is 276 g/mol. The van der Waals surface area contributed by atoms with Gasteiger partial charge in [-0.2, -0.15) is 0 Å². The Balaban J connectivity index is 2.83. The maximum atomic E-state index is 11.6. The van der Waals surface area contributed by atoms with Gasteiger partial charge in [0.15, 0.2) is 0 Å². The van der Waals surface area contributed by atoms with Gasteiger partial charge in [0.05, 0.1) is 6.20 Å². The molecule has 0 atom stereocenters. The summed E-state index contributed by atoms with van der Waals surface area (Å²) in [4.78, 5) is 11.6. The van der Waals surface area contributed by atoms with E-state index in [2.05, 4.69) is 15.9 Å². The van der Waals surface area contributed by atoms with Crippen molar-refractivity contribution in [2.24, 2.45) is 0 Å². The van der Waals surface area contributed by atoms with Crippen LogP contribution in [0.1, 0.15) is 26.3 Å². The van der Waals surface area contributed by atoms with Crippen LogP contribution in [0, 0.1) is 0 Å². The van der Waals surface area contributed by atoms with E-state index in [0.717, 1.165) is 0 Å². The van der Waals surface area contributed by atoms with Gasteiger partial charge < -0.3 is 9.84 Å². The molecule has 1 aromatic rings. The predicted molar refractivity (Wildman–Crippen MR) is 60.4 cm³/mol. The van der Waals surface area contributed by atoms with E-state index in [4.69, 9.17) is 4.74 Å². The van der Waals surface area contributed by atoms with Gasteiger partial charge in [-0.15, -0.1) is 0 Å². The van der Waals surface area contributed by atoms with Gasteiger partial charge in [-0.3, -0.25) is 4.57 Å². The van der Waals surface area contributed by atoms with E-state index in [-0.39, 0.29) is 5.75 Å². The minimum absolute atomic E-state index is 0.0812. The zero-order chi connectivity index (χ0) is 11.6. The van der Waals surface area contributed by atoms with Gasteiger partial charge in [0.1, 0.15) is 11.4 Å². The molecule has 0 aliphatic carbocycles. The standard InChI is InChI=1S/C10H14BrNO3/c1-10(2,3)15-9(14)12-5-7(4-11)8(13)6-12/h5-6,13H,4H2,1-3H3. The molecule has 0 radical (unpaired) electrons. The SMILES string of the molecule is CC(C)(C)OC(=O)n1cc(O)c(CBr)c1. The summed E-state index contributed by atoms with van der Waals surface area (Å²) in [7, 11) is 0. The Hall–Kier alpha value is -0.970. The number of aromatic nitrogens is 1. The first-order valence-electron chi connectivity index (χ1n) is 4.52. The average Bonchev–Trinajstić information content (AvgIpc) is 2.43. The van der Waals surface area contributed by atoms with E-state index in [9.17, 15) is 9.90 Å². The summed E-state index contributed by atoms with van der Waals surface area (Å²) in [6.45, 7) is 5.37. The zero-order valence-corrected chi connectivity index (χ0v) is 10.5. The first kappa shape index (κ1) is 12.1. The molecule has 1 N–H and O–H groups in total. The normalized spacial score (nSPS) is 11.5. The van der Waals surface area contributed by atoms with Crippen molar-refractivity contribution in [1.82, 2.24) is 4.57 Å². The summed E-state index contributed by atoms with van der Waals surface area (Å²) < 4.78 is 6.37. The van der Waals surface area contributed by atoms with E-state index in [1.165, 1.54) is 17.0 Å². The van der Waals surface area contributed by atoms with Crippen molar-refractivity contribution in [3.8, 4) is 5.75 Å². The number of ether oxygens (including phenoxy) is 1. The lowest BCUT2D eigenvalue weighted by atomic mass is 10.2. The quantitative estimate of drug-likeness (QED) is 0.802. The summed E-state index contributed by atoms with van der Waals surface area (Å²) in [6.07, 6.45) is 2.38. The number of carbonyl (C=O) groups is 1. The van der Waals surface area contributed by atoms with Gasteiger partial charge in [-0.25, -0.2) is 4.79 Å². The second-order valence-corrected chi connectivity index (χ2v) is 4.75. The van der Waals surface area contributed by atoms with Gasteiger partial charge in [0.2, 0.25) is 0 Å². The van der Waals surface area contributed by atoms with Gasteiger partial charge in [0.25, 0.3) is 0 Å². The Kier molecular flexibility index (Phi) is 3.44. The van der Waals surface area contributed by atoms with Crippen molar-refractivity contribution >= 4 is 22.0 Å². The summed E-state index contributed by atoms with van der Waals surface area (Å²) >= 11 is 3.21. The molecule has 1 rings (SSSR count). The molecular weight excluding hydrogens is 262 g/mol. The second-order valence-electron chi connectivity index (χ2n) is 4.19. The van der Waals surface area contributed by atoms with Crippen LogP contribution in [0.3, 0.4) is 0 Å². The lowest BCUT2D eigenvalue weighted by Gasteiger charge is -2.19. The van der Waals surface area contributed by atoms with E-state index in [1.807, 2.05) is 0 Å². The number of hydrogen-bond donors (Lipinski definition) is 1. The summed E-state index contributed by atoms with van der Waals surface area (Å²) in [5.74, 6) is 0.0812. The number of halogens is 1. The van der Waals surface area contributed by atoms with Crippen molar-refractivity contribution in [2.45, 2.75) is 31.7 Å². The van der Waals surface area contributed by atoms with E-state index >= 15 is 0 Å². The van der Waals surface area contributed by atoms with Crippen LogP contribution in [0.5, 0.6) is 5.75 Å². The molecule has 1 aromatic heterocycles. The van der Waals surface area contributed by atoms with Crippen molar-refractivity contribution in [3.63, 3.8) is 0 Å². The molecule has 0 saturated carbocycles. The molecule has 1 heterocycles. The maximum absolute atomic E-state index is 11.6. The predicted octanol–water partition coefficient (Wildman–Crippen LogP) is 2.87. The number of hydrogen-bond acceptors (Lipinski definition) is 3. The Labute approximate surface area is 97.0 Å². The number of rotatable bonds is 1. The van der Waals surface area contributed by atoms with Crippen LogP contribution in [-0.4, -0.2) is 21.4 Å². The van der Waals surface area contributed by atoms with Crippen molar-refractivity contribution < 1.29 is 14.6 Å². The van der Waals surface area contributed by atoms with E-state index in [1.54, 1.807) is 20.8 Å². The van der Waals surface area contributed by atoms with Crippen molar-refractivity contribution in [2.75, 3.05) is 0 Å². The summed E-state index contributed by atoms with van der Waals surface area (Å²) in [6, 6.07) is 0. The molecule has 15 heavy (non-hydrogen) atoms. The molecular formula is C10H14BrNO3. The van der Waals surface area contributed by atoms with E-state index < -0.39 is 11.7 Å². The Morgan fingerprint density at radius 1 is 1.53 bits per heavy atom. The maximum Gasteiger partial charge on any atom is 0.418 e. The zero-order valence-electron chi connectivity index (χ0n) is 8.95. The molecule has 0 bridgehead atoms. The van der Waals surface area contributed by atoms with Crippen LogP contribution in [-0.2, 0) is 10.1 Å². The molecule has 0 unspecified atom stereocenters.